The van der Waals surface area contributed by atoms with Gasteiger partial charge in [-0.2, -0.15) is 0 Å². The first kappa shape index (κ1) is 57.4. The van der Waals surface area contributed by atoms with Gasteiger partial charge in [0.15, 0.2) is 6.10 Å². The average molecular weight is 835 g/mol. The molecule has 0 aromatic rings. The third kappa shape index (κ3) is 44.3. The monoisotopic (exact) mass is 835 g/mol. The second-order valence-corrected chi connectivity index (χ2v) is 18.6. The molecule has 0 saturated heterocycles. The van der Waals surface area contributed by atoms with E-state index in [-0.39, 0.29) is 31.1 Å². The zero-order valence-corrected chi connectivity index (χ0v) is 40.4. The maximum atomic E-state index is 12.8. The first-order valence-corrected chi connectivity index (χ1v) is 26.3. The number of carbonyl (C=O) groups excluding carboxylic acids is 3. The second-order valence-electron chi connectivity index (χ2n) is 18.6. The van der Waals surface area contributed by atoms with Crippen LogP contribution < -0.4 is 0 Å². The smallest absolute Gasteiger partial charge is 0.306 e. The van der Waals surface area contributed by atoms with Gasteiger partial charge in [0, 0.05) is 19.3 Å². The highest BCUT2D eigenvalue weighted by Crippen LogP contribution is 2.18. The minimum Gasteiger partial charge on any atom is -0.462 e. The largest absolute Gasteiger partial charge is 0.462 e. The van der Waals surface area contributed by atoms with Crippen LogP contribution in [0.4, 0.5) is 0 Å². The van der Waals surface area contributed by atoms with Crippen molar-refractivity contribution in [1.29, 1.82) is 0 Å². The molecule has 0 amide bonds. The van der Waals surface area contributed by atoms with Crippen molar-refractivity contribution in [1.82, 2.24) is 0 Å². The summed E-state index contributed by atoms with van der Waals surface area (Å²) in [6, 6.07) is 0. The van der Waals surface area contributed by atoms with E-state index >= 15 is 0 Å². The van der Waals surface area contributed by atoms with E-state index in [4.69, 9.17) is 14.2 Å². The van der Waals surface area contributed by atoms with Crippen LogP contribution in [0.5, 0.6) is 0 Å². The van der Waals surface area contributed by atoms with E-state index in [0.29, 0.717) is 19.3 Å². The van der Waals surface area contributed by atoms with Crippen molar-refractivity contribution in [3.8, 4) is 0 Å². The molecule has 0 spiro atoms. The summed E-state index contributed by atoms with van der Waals surface area (Å²) in [5.41, 5.74) is 0. The Labute approximate surface area is 368 Å². The van der Waals surface area contributed by atoms with Gasteiger partial charge >= 0.3 is 17.9 Å². The minimum absolute atomic E-state index is 0.0647. The zero-order valence-electron chi connectivity index (χ0n) is 40.4. The van der Waals surface area contributed by atoms with E-state index in [9.17, 15) is 14.4 Å². The number of carbonyl (C=O) groups is 3. The Balaban J connectivity index is 4.14. The number of esters is 3. The molecule has 0 radical (unpaired) electrons. The van der Waals surface area contributed by atoms with Gasteiger partial charge in [-0.1, -0.05) is 253 Å². The van der Waals surface area contributed by atoms with E-state index in [1.807, 2.05) is 0 Å². The Morgan fingerprint density at radius 2 is 0.593 bits per heavy atom. The predicted molar refractivity (Wildman–Crippen MR) is 252 cm³/mol. The zero-order chi connectivity index (χ0) is 43.3. The maximum absolute atomic E-state index is 12.8. The van der Waals surface area contributed by atoms with Crippen molar-refractivity contribution in [2.75, 3.05) is 13.2 Å². The van der Waals surface area contributed by atoms with Crippen LogP contribution in [0.1, 0.15) is 291 Å². The van der Waals surface area contributed by atoms with Gasteiger partial charge in [-0.15, -0.1) is 0 Å². The molecular weight excluding hydrogens is 733 g/mol. The van der Waals surface area contributed by atoms with E-state index in [1.165, 1.54) is 180 Å². The summed E-state index contributed by atoms with van der Waals surface area (Å²) in [6.07, 6.45) is 46.7. The highest BCUT2D eigenvalue weighted by molar-refractivity contribution is 5.71. The molecular formula is C53H102O6. The third-order valence-electron chi connectivity index (χ3n) is 12.7. The predicted octanol–water partition coefficient (Wildman–Crippen LogP) is 16.9. The molecule has 6 heteroatoms. The fourth-order valence-electron chi connectivity index (χ4n) is 7.93. The summed E-state index contributed by atoms with van der Waals surface area (Å²) in [5.74, 6) is 0.901. The van der Waals surface area contributed by atoms with Crippen LogP contribution in [0.15, 0.2) is 0 Å². The van der Waals surface area contributed by atoms with E-state index < -0.39 is 6.10 Å². The van der Waals surface area contributed by atoms with Crippen LogP contribution >= 0.6 is 0 Å². The number of rotatable bonds is 47. The van der Waals surface area contributed by atoms with E-state index in [1.54, 1.807) is 0 Å². The Morgan fingerprint density at radius 1 is 0.339 bits per heavy atom. The molecule has 0 aromatic heterocycles. The summed E-state index contributed by atoms with van der Waals surface area (Å²) in [6.45, 7) is 11.4. The fourth-order valence-corrected chi connectivity index (χ4v) is 7.93. The molecule has 6 nitrogen and oxygen atoms in total. The molecule has 0 rings (SSSR count). The molecule has 0 aliphatic heterocycles. The van der Waals surface area contributed by atoms with Crippen molar-refractivity contribution in [3.05, 3.63) is 0 Å². The molecule has 0 N–H and O–H groups in total. The maximum Gasteiger partial charge on any atom is 0.306 e. The lowest BCUT2D eigenvalue weighted by molar-refractivity contribution is -0.167. The third-order valence-corrected chi connectivity index (χ3v) is 12.7. The lowest BCUT2D eigenvalue weighted by atomic mass is 9.99. The number of unbranched alkanes of at least 4 members (excludes halogenated alkanes) is 30. The molecule has 350 valence electrons. The van der Waals surface area contributed by atoms with Gasteiger partial charge in [0.05, 0.1) is 0 Å². The van der Waals surface area contributed by atoms with Crippen LogP contribution in [0.3, 0.4) is 0 Å². The Hall–Kier alpha value is -1.59. The molecule has 59 heavy (non-hydrogen) atoms. The van der Waals surface area contributed by atoms with Crippen molar-refractivity contribution in [3.63, 3.8) is 0 Å². The molecule has 0 saturated carbocycles. The average Bonchev–Trinajstić information content (AvgIpc) is 3.23. The Morgan fingerprint density at radius 3 is 0.881 bits per heavy atom. The number of ether oxygens (including phenoxy) is 3. The van der Waals surface area contributed by atoms with Gasteiger partial charge in [-0.25, -0.2) is 0 Å². The minimum atomic E-state index is -0.760. The van der Waals surface area contributed by atoms with Gasteiger partial charge in [-0.05, 0) is 31.1 Å². The second kappa shape index (κ2) is 45.9. The van der Waals surface area contributed by atoms with Gasteiger partial charge < -0.3 is 14.2 Å². The number of hydrogen-bond acceptors (Lipinski definition) is 6. The summed E-state index contributed by atoms with van der Waals surface area (Å²) in [5, 5.41) is 0. The standard InChI is InChI=1S/C53H102O6/c1-6-9-10-11-26-33-38-43-51(54)57-46-50(47-58-52(55)44-39-34-29-25-24-28-32-37-42-49(5)8-3)59-53(56)45-40-35-30-23-21-19-17-15-13-12-14-16-18-20-22-27-31-36-41-48(4)7-2/h48-50H,6-47H2,1-5H3/t48?,49?,50-/m0/s1. The van der Waals surface area contributed by atoms with Gasteiger partial charge in [0.1, 0.15) is 13.2 Å². The molecule has 3 atom stereocenters. The van der Waals surface area contributed by atoms with E-state index in [0.717, 1.165) is 69.6 Å². The van der Waals surface area contributed by atoms with Crippen molar-refractivity contribution >= 4 is 17.9 Å². The summed E-state index contributed by atoms with van der Waals surface area (Å²) in [4.78, 5) is 37.8. The molecule has 0 aliphatic rings. The Kier molecular flexibility index (Phi) is 44.7. The van der Waals surface area contributed by atoms with Crippen LogP contribution in [-0.2, 0) is 28.6 Å². The molecule has 0 heterocycles. The molecule has 0 fully saturated rings. The highest BCUT2D eigenvalue weighted by Gasteiger charge is 2.19. The van der Waals surface area contributed by atoms with Crippen LogP contribution in [0, 0.1) is 11.8 Å². The van der Waals surface area contributed by atoms with Crippen LogP contribution in [-0.4, -0.2) is 37.2 Å². The van der Waals surface area contributed by atoms with Gasteiger partial charge in [0.2, 0.25) is 0 Å². The molecule has 0 bridgehead atoms. The first-order valence-electron chi connectivity index (χ1n) is 26.3. The normalized spacial score (nSPS) is 13.0. The fraction of sp³-hybridized carbons (Fsp3) is 0.943. The van der Waals surface area contributed by atoms with Crippen molar-refractivity contribution in [2.24, 2.45) is 11.8 Å². The highest BCUT2D eigenvalue weighted by atomic mass is 16.6. The van der Waals surface area contributed by atoms with Crippen molar-refractivity contribution in [2.45, 2.75) is 298 Å². The number of hydrogen-bond donors (Lipinski definition) is 0. The molecule has 2 unspecified atom stereocenters. The van der Waals surface area contributed by atoms with Crippen LogP contribution in [0.2, 0.25) is 0 Å². The lowest BCUT2D eigenvalue weighted by Gasteiger charge is -2.18. The van der Waals surface area contributed by atoms with E-state index in [2.05, 4.69) is 34.6 Å². The van der Waals surface area contributed by atoms with Gasteiger partial charge in [0.25, 0.3) is 0 Å². The Bertz CT molecular complexity index is 904. The first-order chi connectivity index (χ1) is 28.8. The van der Waals surface area contributed by atoms with Crippen molar-refractivity contribution < 1.29 is 28.6 Å². The molecule has 0 aliphatic carbocycles. The topological polar surface area (TPSA) is 78.9 Å². The quantitative estimate of drug-likeness (QED) is 0.0345. The lowest BCUT2D eigenvalue weighted by Crippen LogP contribution is -2.30. The van der Waals surface area contributed by atoms with Crippen LogP contribution in [0.25, 0.3) is 0 Å². The summed E-state index contributed by atoms with van der Waals surface area (Å²) < 4.78 is 16.7. The summed E-state index contributed by atoms with van der Waals surface area (Å²) in [7, 11) is 0. The summed E-state index contributed by atoms with van der Waals surface area (Å²) >= 11 is 0. The molecule has 0 aromatic carbocycles. The SMILES string of the molecule is CCCCCCCCCC(=O)OC[C@@H](COC(=O)CCCCCCCCCCC(C)CC)OC(=O)CCCCCCCCCCCCCCCCCCCCC(C)CC. The van der Waals surface area contributed by atoms with Gasteiger partial charge in [-0.3, -0.25) is 14.4 Å².